The lowest BCUT2D eigenvalue weighted by molar-refractivity contribution is -0.120. The average molecular weight is 643 g/mol. The van der Waals surface area contributed by atoms with Crippen molar-refractivity contribution in [3.63, 3.8) is 0 Å². The number of nitrogens with one attached hydrogen (secondary N) is 2. The van der Waals surface area contributed by atoms with Crippen LogP contribution in [0.1, 0.15) is 47.0 Å². The van der Waals surface area contributed by atoms with Crippen LogP contribution in [0.15, 0.2) is 58.5 Å². The van der Waals surface area contributed by atoms with Crippen molar-refractivity contribution < 1.29 is 38.1 Å². The van der Waals surface area contributed by atoms with Crippen LogP contribution in [0.5, 0.6) is 0 Å². The number of likely N-dealkylation sites (tertiary alicyclic amines) is 1. The Bertz CT molecular complexity index is 1300. The molecule has 0 aromatic heterocycles. The first-order valence-electron chi connectivity index (χ1n) is 15.8. The summed E-state index contributed by atoms with van der Waals surface area (Å²) in [5, 5.41) is 5.86. The number of methoxy groups -OCH3 is 3. The standard InChI is InChI=1S/C34H50N4O8/c1-20-16-24-29(36-12-15-38-13-9-14-38)26(39)19-25(30(24)40)37-33(41)21(2)10-8-11-27(43-5)32(46-34(35)42)23(4)18-22(3)31(45-7)28(17-20)44-6/h8,10-11,18-20,22,27-28,31-32,36H,9,12-17H2,1-7H3,(H2,35,42)(H,37,41)/b11-8-,21-10+,23-18+/t20-,22+,27?,28+,31-,32+/m1/s1. The number of hydrogen-bond acceptors (Lipinski definition) is 10. The number of carbonyl (C=O) groups is 4. The van der Waals surface area contributed by atoms with Crippen LogP contribution in [0.4, 0.5) is 4.79 Å². The third-order valence-corrected chi connectivity index (χ3v) is 8.71. The average Bonchev–Trinajstić information content (AvgIpc) is 2.98. The molecule has 0 aromatic rings. The Morgan fingerprint density at radius 3 is 2.39 bits per heavy atom. The Labute approximate surface area is 272 Å². The van der Waals surface area contributed by atoms with Gasteiger partial charge in [0.1, 0.15) is 6.10 Å². The van der Waals surface area contributed by atoms with Gasteiger partial charge in [-0.2, -0.15) is 0 Å². The quantitative estimate of drug-likeness (QED) is 0.266. The molecule has 2 amide bonds. The summed E-state index contributed by atoms with van der Waals surface area (Å²) in [4.78, 5) is 54.5. The summed E-state index contributed by atoms with van der Waals surface area (Å²) < 4.78 is 22.9. The van der Waals surface area contributed by atoms with E-state index >= 15 is 0 Å². The molecule has 0 aromatic carbocycles. The molecule has 0 saturated carbocycles. The van der Waals surface area contributed by atoms with E-state index in [2.05, 4.69) is 15.5 Å². The first-order valence-corrected chi connectivity index (χ1v) is 15.8. The SMILES string of the molecule is COC1/C=C\C=C(/C)C(=O)NC2=CC(=O)C(NCCN3CCC3)=C(C[C@@H](C)C[C@H](OC)[C@H](OC)[C@@H](C)/C=C(\C)[C@@H]1OC(N)=O)C2=O. The molecule has 3 rings (SSSR count). The maximum absolute atomic E-state index is 13.8. The van der Waals surface area contributed by atoms with Gasteiger partial charge in [-0.1, -0.05) is 38.2 Å². The first-order chi connectivity index (χ1) is 21.9. The molecule has 1 saturated heterocycles. The van der Waals surface area contributed by atoms with Gasteiger partial charge in [-0.3, -0.25) is 14.4 Å². The molecule has 1 aliphatic carbocycles. The molecule has 1 unspecified atom stereocenters. The van der Waals surface area contributed by atoms with Crippen molar-refractivity contribution in [1.29, 1.82) is 0 Å². The van der Waals surface area contributed by atoms with Gasteiger partial charge < -0.3 is 40.2 Å². The van der Waals surface area contributed by atoms with Gasteiger partial charge in [-0.05, 0) is 57.7 Å². The number of rotatable bonds is 8. The van der Waals surface area contributed by atoms with Crippen LogP contribution >= 0.6 is 0 Å². The summed E-state index contributed by atoms with van der Waals surface area (Å²) in [5.74, 6) is -1.60. The molecule has 6 atom stereocenters. The number of nitrogens with zero attached hydrogens (tertiary/aromatic N) is 1. The minimum atomic E-state index is -0.959. The van der Waals surface area contributed by atoms with Gasteiger partial charge in [0.15, 0.2) is 6.10 Å². The number of carbonyl (C=O) groups excluding carboxylic acids is 4. The number of Topliss-reactive ketones (excluding diaryl/α,β-unsaturated/α-hetero) is 1. The van der Waals surface area contributed by atoms with Crippen molar-refractivity contribution >= 4 is 23.6 Å². The van der Waals surface area contributed by atoms with E-state index in [0.29, 0.717) is 24.1 Å². The van der Waals surface area contributed by atoms with Crippen LogP contribution in [-0.4, -0.2) is 100 Å². The minimum Gasteiger partial charge on any atom is -0.439 e. The highest BCUT2D eigenvalue weighted by atomic mass is 16.6. The lowest BCUT2D eigenvalue weighted by Gasteiger charge is -2.32. The number of ketones is 2. The van der Waals surface area contributed by atoms with E-state index in [0.717, 1.165) is 26.1 Å². The summed E-state index contributed by atoms with van der Waals surface area (Å²) in [5.41, 5.74) is 6.91. The molecule has 0 spiro atoms. The van der Waals surface area contributed by atoms with Crippen LogP contribution in [0.2, 0.25) is 0 Å². The molecule has 2 aliphatic heterocycles. The van der Waals surface area contributed by atoms with E-state index in [1.54, 1.807) is 39.4 Å². The second-order valence-electron chi connectivity index (χ2n) is 12.3. The topological polar surface area (TPSA) is 159 Å². The normalized spacial score (nSPS) is 31.9. The van der Waals surface area contributed by atoms with E-state index < -0.39 is 36.1 Å². The Balaban J connectivity index is 2.04. The fraction of sp³-hybridized carbons (Fsp3) is 0.588. The van der Waals surface area contributed by atoms with Crippen molar-refractivity contribution in [2.24, 2.45) is 17.6 Å². The van der Waals surface area contributed by atoms with Gasteiger partial charge >= 0.3 is 6.09 Å². The molecule has 3 aliphatic rings. The third-order valence-electron chi connectivity index (χ3n) is 8.71. The zero-order valence-electron chi connectivity index (χ0n) is 28.1. The number of amides is 2. The van der Waals surface area contributed by atoms with Crippen LogP contribution in [-0.2, 0) is 33.3 Å². The maximum atomic E-state index is 13.8. The zero-order valence-corrected chi connectivity index (χ0v) is 28.1. The molecular weight excluding hydrogens is 592 g/mol. The van der Waals surface area contributed by atoms with E-state index in [1.807, 2.05) is 26.8 Å². The molecule has 2 bridgehead atoms. The fourth-order valence-corrected chi connectivity index (χ4v) is 6.07. The lowest BCUT2D eigenvalue weighted by Crippen LogP contribution is -2.43. The molecule has 46 heavy (non-hydrogen) atoms. The van der Waals surface area contributed by atoms with E-state index in [4.69, 9.17) is 24.7 Å². The first kappa shape index (κ1) is 36.9. The number of nitrogens with two attached hydrogens (primary N) is 1. The monoisotopic (exact) mass is 642 g/mol. The number of fused-ring (bicyclic) bond motifs is 2. The largest absolute Gasteiger partial charge is 0.439 e. The zero-order chi connectivity index (χ0) is 34.0. The van der Waals surface area contributed by atoms with Gasteiger partial charge in [-0.25, -0.2) is 4.79 Å². The molecule has 1 fully saturated rings. The Morgan fingerprint density at radius 1 is 1.09 bits per heavy atom. The van der Waals surface area contributed by atoms with E-state index in [1.165, 1.54) is 13.2 Å². The van der Waals surface area contributed by atoms with Crippen molar-refractivity contribution in [3.8, 4) is 0 Å². The van der Waals surface area contributed by atoms with Crippen molar-refractivity contribution in [2.45, 2.75) is 71.4 Å². The van der Waals surface area contributed by atoms with Crippen LogP contribution < -0.4 is 16.4 Å². The van der Waals surface area contributed by atoms with Gasteiger partial charge in [-0.15, -0.1) is 0 Å². The van der Waals surface area contributed by atoms with Crippen molar-refractivity contribution in [3.05, 3.63) is 58.5 Å². The fourth-order valence-electron chi connectivity index (χ4n) is 6.07. The predicted molar refractivity (Wildman–Crippen MR) is 173 cm³/mol. The van der Waals surface area contributed by atoms with E-state index in [9.17, 15) is 19.2 Å². The molecule has 2 heterocycles. The molecular formula is C34H50N4O8. The third kappa shape index (κ3) is 9.71. The Hall–Kier alpha value is -3.58. The highest BCUT2D eigenvalue weighted by Crippen LogP contribution is 2.29. The van der Waals surface area contributed by atoms with Gasteiger partial charge in [0.05, 0.1) is 23.6 Å². The molecule has 254 valence electrons. The lowest BCUT2D eigenvalue weighted by atomic mass is 9.85. The predicted octanol–water partition coefficient (Wildman–Crippen LogP) is 2.71. The van der Waals surface area contributed by atoms with Crippen molar-refractivity contribution in [2.75, 3.05) is 47.5 Å². The van der Waals surface area contributed by atoms with Gasteiger partial charge in [0.25, 0.3) is 5.91 Å². The number of hydrogen-bond donors (Lipinski definition) is 3. The van der Waals surface area contributed by atoms with Crippen LogP contribution in [0, 0.1) is 11.8 Å². The smallest absolute Gasteiger partial charge is 0.405 e. The molecule has 12 heteroatoms. The Morgan fingerprint density at radius 2 is 1.80 bits per heavy atom. The van der Waals surface area contributed by atoms with Crippen LogP contribution in [0.3, 0.4) is 0 Å². The van der Waals surface area contributed by atoms with Crippen molar-refractivity contribution in [1.82, 2.24) is 15.5 Å². The summed E-state index contributed by atoms with van der Waals surface area (Å²) in [6, 6.07) is 0. The molecule has 4 N–H and O–H groups in total. The van der Waals surface area contributed by atoms with E-state index in [-0.39, 0.29) is 47.1 Å². The summed E-state index contributed by atoms with van der Waals surface area (Å²) in [6.07, 6.45) is 6.53. The second kappa shape index (κ2) is 17.4. The molecule has 12 nitrogen and oxygen atoms in total. The number of allylic oxidation sites excluding steroid dienone is 4. The number of ether oxygens (including phenoxy) is 4. The van der Waals surface area contributed by atoms with Crippen LogP contribution in [0.25, 0.3) is 0 Å². The number of primary amides is 1. The summed E-state index contributed by atoms with van der Waals surface area (Å²) in [7, 11) is 4.69. The van der Waals surface area contributed by atoms with Gasteiger partial charge in [0.2, 0.25) is 11.6 Å². The summed E-state index contributed by atoms with van der Waals surface area (Å²) in [6.45, 7) is 10.7. The Kier molecular flexibility index (Phi) is 13.9. The molecule has 0 radical (unpaired) electrons. The maximum Gasteiger partial charge on any atom is 0.405 e. The highest BCUT2D eigenvalue weighted by Gasteiger charge is 2.34. The minimum absolute atomic E-state index is 0.0728. The van der Waals surface area contributed by atoms with Gasteiger partial charge in [0, 0.05) is 57.6 Å². The summed E-state index contributed by atoms with van der Waals surface area (Å²) >= 11 is 0. The highest BCUT2D eigenvalue weighted by molar-refractivity contribution is 6.23. The second-order valence-corrected chi connectivity index (χ2v) is 12.3.